The maximum Gasteiger partial charge on any atom is 0.269 e. The Hall–Kier alpha value is -2.74. The van der Waals surface area contributed by atoms with Gasteiger partial charge in [-0.1, -0.05) is 12.1 Å². The third-order valence-corrected chi connectivity index (χ3v) is 5.61. The number of sulfonamides is 1. The lowest BCUT2D eigenvalue weighted by Gasteiger charge is -2.22. The van der Waals surface area contributed by atoms with Crippen LogP contribution in [0, 0.1) is 5.82 Å². The number of nitrogens with one attached hydrogen (secondary N) is 1. The van der Waals surface area contributed by atoms with E-state index in [1.165, 1.54) is 37.3 Å². The first kappa shape index (κ1) is 16.1. The highest BCUT2D eigenvalue weighted by molar-refractivity contribution is 7.90. The highest BCUT2D eigenvalue weighted by atomic mass is 32.2. The molecule has 2 amide bonds. The van der Waals surface area contributed by atoms with Crippen LogP contribution in [-0.2, 0) is 14.8 Å². The Bertz CT molecular complexity index is 925. The molecule has 1 atom stereocenters. The minimum atomic E-state index is -4.08. The summed E-state index contributed by atoms with van der Waals surface area (Å²) in [4.78, 5) is 24.6. The van der Waals surface area contributed by atoms with Crippen LogP contribution in [0.15, 0.2) is 53.4 Å². The zero-order chi connectivity index (χ0) is 17.5. The topological polar surface area (TPSA) is 83.6 Å². The molecule has 0 fully saturated rings. The van der Waals surface area contributed by atoms with Crippen LogP contribution in [0.1, 0.15) is 17.3 Å². The van der Waals surface area contributed by atoms with E-state index in [-0.39, 0.29) is 10.5 Å². The monoisotopic (exact) mass is 348 g/mol. The van der Waals surface area contributed by atoms with Crippen LogP contribution < -0.4 is 5.32 Å². The zero-order valence-corrected chi connectivity index (χ0v) is 13.4. The van der Waals surface area contributed by atoms with Crippen molar-refractivity contribution in [3.8, 4) is 0 Å². The summed E-state index contributed by atoms with van der Waals surface area (Å²) in [5.74, 6) is -1.90. The molecule has 1 heterocycles. The summed E-state index contributed by atoms with van der Waals surface area (Å²) in [6.45, 7) is 1.32. The molecule has 0 aliphatic carbocycles. The van der Waals surface area contributed by atoms with Crippen LogP contribution in [0.25, 0.3) is 0 Å². The molecule has 8 heteroatoms. The normalized spacial score (nSPS) is 16.6. The number of halogens is 1. The first-order valence-electron chi connectivity index (χ1n) is 7.06. The fourth-order valence-electron chi connectivity index (χ4n) is 2.47. The van der Waals surface area contributed by atoms with Gasteiger partial charge in [0.05, 0.1) is 5.56 Å². The third-order valence-electron chi connectivity index (χ3n) is 3.70. The molecule has 2 aromatic carbocycles. The van der Waals surface area contributed by atoms with E-state index in [0.29, 0.717) is 9.99 Å². The van der Waals surface area contributed by atoms with Gasteiger partial charge in [-0.3, -0.25) is 9.59 Å². The first-order chi connectivity index (χ1) is 11.3. The molecule has 0 aromatic heterocycles. The molecule has 0 spiro atoms. The Morgan fingerprint density at radius 3 is 2.38 bits per heavy atom. The van der Waals surface area contributed by atoms with Gasteiger partial charge in [-0.15, -0.1) is 0 Å². The van der Waals surface area contributed by atoms with Gasteiger partial charge in [0, 0.05) is 5.69 Å². The Morgan fingerprint density at radius 1 is 1.12 bits per heavy atom. The number of rotatable bonds is 3. The number of nitrogens with zero attached hydrogens (tertiary/aromatic N) is 1. The largest absolute Gasteiger partial charge is 0.324 e. The van der Waals surface area contributed by atoms with Gasteiger partial charge in [0.25, 0.3) is 15.9 Å². The third kappa shape index (κ3) is 2.54. The molecular formula is C16H13FN2O4S. The van der Waals surface area contributed by atoms with E-state index in [1.807, 2.05) is 0 Å². The van der Waals surface area contributed by atoms with Crippen molar-refractivity contribution in [1.82, 2.24) is 4.31 Å². The van der Waals surface area contributed by atoms with Crippen molar-refractivity contribution in [3.63, 3.8) is 0 Å². The Labute approximate surface area is 138 Å². The fraction of sp³-hybridized carbons (Fsp3) is 0.125. The van der Waals surface area contributed by atoms with E-state index in [9.17, 15) is 22.4 Å². The van der Waals surface area contributed by atoms with Crippen molar-refractivity contribution in [2.75, 3.05) is 5.32 Å². The standard InChI is InChI=1S/C16H13FN2O4S/c1-10(15(20)18-12-8-6-11(17)7-9-12)19-16(21)13-4-2-3-5-14(13)24(19,22)23/h2-10H,1H3,(H,18,20)/t10-/m0/s1. The van der Waals surface area contributed by atoms with E-state index < -0.39 is 33.7 Å². The highest BCUT2D eigenvalue weighted by Crippen LogP contribution is 2.31. The molecule has 1 aliphatic heterocycles. The summed E-state index contributed by atoms with van der Waals surface area (Å²) in [7, 11) is -4.08. The lowest BCUT2D eigenvalue weighted by atomic mass is 10.2. The van der Waals surface area contributed by atoms with Crippen LogP contribution in [0.2, 0.25) is 0 Å². The maximum absolute atomic E-state index is 12.9. The zero-order valence-electron chi connectivity index (χ0n) is 12.6. The predicted octanol–water partition coefficient (Wildman–Crippen LogP) is 2.00. The van der Waals surface area contributed by atoms with Gasteiger partial charge in [0.15, 0.2) is 0 Å². The van der Waals surface area contributed by atoms with Crippen molar-refractivity contribution in [3.05, 3.63) is 59.9 Å². The van der Waals surface area contributed by atoms with Crippen LogP contribution in [0.3, 0.4) is 0 Å². The van der Waals surface area contributed by atoms with Gasteiger partial charge in [-0.2, -0.15) is 0 Å². The average Bonchev–Trinajstić information content (AvgIpc) is 2.76. The second-order valence-electron chi connectivity index (χ2n) is 5.27. The number of benzene rings is 2. The van der Waals surface area contributed by atoms with Crippen LogP contribution in [0.5, 0.6) is 0 Å². The Balaban J connectivity index is 1.87. The van der Waals surface area contributed by atoms with E-state index in [2.05, 4.69) is 5.32 Å². The number of anilines is 1. The van der Waals surface area contributed by atoms with Gasteiger partial charge in [0.1, 0.15) is 16.8 Å². The lowest BCUT2D eigenvalue weighted by molar-refractivity contribution is -0.118. The lowest BCUT2D eigenvalue weighted by Crippen LogP contribution is -2.45. The second kappa shape index (κ2) is 5.72. The smallest absolute Gasteiger partial charge is 0.269 e. The molecule has 0 bridgehead atoms. The number of hydrogen-bond acceptors (Lipinski definition) is 4. The molecule has 0 radical (unpaired) electrons. The SMILES string of the molecule is C[C@@H](C(=O)Nc1ccc(F)cc1)N1C(=O)c2ccccc2S1(=O)=O. The molecule has 1 aliphatic rings. The van der Waals surface area contributed by atoms with Crippen molar-refractivity contribution >= 4 is 27.5 Å². The van der Waals surface area contributed by atoms with E-state index in [4.69, 9.17) is 0 Å². The molecule has 24 heavy (non-hydrogen) atoms. The van der Waals surface area contributed by atoms with Crippen LogP contribution >= 0.6 is 0 Å². The highest BCUT2D eigenvalue weighted by Gasteiger charge is 2.45. The van der Waals surface area contributed by atoms with Crippen LogP contribution in [0.4, 0.5) is 10.1 Å². The van der Waals surface area contributed by atoms with Crippen molar-refractivity contribution in [1.29, 1.82) is 0 Å². The Morgan fingerprint density at radius 2 is 1.75 bits per heavy atom. The van der Waals surface area contributed by atoms with E-state index in [1.54, 1.807) is 6.07 Å². The first-order valence-corrected chi connectivity index (χ1v) is 8.50. The number of fused-ring (bicyclic) bond motifs is 1. The maximum atomic E-state index is 12.9. The molecule has 3 rings (SSSR count). The second-order valence-corrected chi connectivity index (χ2v) is 7.06. The molecule has 0 saturated carbocycles. The van der Waals surface area contributed by atoms with E-state index >= 15 is 0 Å². The summed E-state index contributed by atoms with van der Waals surface area (Å²) in [6.07, 6.45) is 0. The van der Waals surface area contributed by atoms with Crippen molar-refractivity contribution in [2.45, 2.75) is 17.9 Å². The molecule has 0 unspecified atom stereocenters. The van der Waals surface area contributed by atoms with Gasteiger partial charge < -0.3 is 5.32 Å². The summed E-state index contributed by atoms with van der Waals surface area (Å²) >= 11 is 0. The van der Waals surface area contributed by atoms with Crippen molar-refractivity contribution in [2.24, 2.45) is 0 Å². The number of amides is 2. The van der Waals surface area contributed by atoms with Crippen LogP contribution in [-0.4, -0.2) is 30.6 Å². The Kier molecular flexibility index (Phi) is 3.84. The summed E-state index contributed by atoms with van der Waals surface area (Å²) in [6, 6.07) is 9.55. The number of carbonyl (C=O) groups is 2. The molecule has 124 valence electrons. The predicted molar refractivity (Wildman–Crippen MR) is 84.3 cm³/mol. The van der Waals surface area contributed by atoms with Gasteiger partial charge in [0.2, 0.25) is 5.91 Å². The number of hydrogen-bond donors (Lipinski definition) is 1. The quantitative estimate of drug-likeness (QED) is 0.919. The molecule has 6 nitrogen and oxygen atoms in total. The summed E-state index contributed by atoms with van der Waals surface area (Å²) < 4.78 is 38.5. The molecule has 0 saturated heterocycles. The summed E-state index contributed by atoms with van der Waals surface area (Å²) in [5.41, 5.74) is 0.341. The van der Waals surface area contributed by atoms with Gasteiger partial charge >= 0.3 is 0 Å². The molecular weight excluding hydrogens is 335 g/mol. The average molecular weight is 348 g/mol. The van der Waals surface area contributed by atoms with E-state index in [0.717, 1.165) is 12.1 Å². The molecule has 2 aromatic rings. The molecule has 1 N–H and O–H groups in total. The van der Waals surface area contributed by atoms with Crippen molar-refractivity contribution < 1.29 is 22.4 Å². The number of carbonyl (C=O) groups excluding carboxylic acids is 2. The van der Waals surface area contributed by atoms with Gasteiger partial charge in [-0.05, 0) is 43.3 Å². The van der Waals surface area contributed by atoms with Gasteiger partial charge in [-0.25, -0.2) is 17.1 Å². The summed E-state index contributed by atoms with van der Waals surface area (Å²) in [5, 5.41) is 2.47. The minimum Gasteiger partial charge on any atom is -0.324 e. The fourth-order valence-corrected chi connectivity index (χ4v) is 4.20. The minimum absolute atomic E-state index is 0.0407.